The van der Waals surface area contributed by atoms with E-state index >= 15 is 0 Å². The van der Waals surface area contributed by atoms with Gasteiger partial charge in [-0.3, -0.25) is 4.90 Å². The molecule has 0 fully saturated rings. The topological polar surface area (TPSA) is 64.3 Å². The zero-order chi connectivity index (χ0) is 13.5. The van der Waals surface area contributed by atoms with Gasteiger partial charge in [0, 0.05) is 23.5 Å². The molecule has 0 aliphatic heterocycles. The van der Waals surface area contributed by atoms with Crippen molar-refractivity contribution in [3.63, 3.8) is 0 Å². The van der Waals surface area contributed by atoms with Crippen LogP contribution in [0, 0.1) is 11.3 Å². The van der Waals surface area contributed by atoms with Crippen LogP contribution in [0.3, 0.4) is 0 Å². The molecule has 0 bridgehead atoms. The summed E-state index contributed by atoms with van der Waals surface area (Å²) < 4.78 is 0. The van der Waals surface area contributed by atoms with Gasteiger partial charge in [-0.15, -0.1) is 11.3 Å². The van der Waals surface area contributed by atoms with Crippen molar-refractivity contribution in [2.24, 2.45) is 0 Å². The average Bonchev–Trinajstić information content (AvgIpc) is 2.74. The molecule has 0 aliphatic rings. The maximum atomic E-state index is 10.4. The summed E-state index contributed by atoms with van der Waals surface area (Å²) in [5.74, 6) is -0.942. The second-order valence-corrected chi connectivity index (χ2v) is 5.14. The number of carboxylic acid groups (broad SMARTS) is 1. The Morgan fingerprint density at radius 3 is 3.06 bits per heavy atom. The highest BCUT2D eigenvalue weighted by atomic mass is 32.1. The molecule has 1 unspecified atom stereocenters. The lowest BCUT2D eigenvalue weighted by Gasteiger charge is -2.21. The van der Waals surface area contributed by atoms with Crippen molar-refractivity contribution < 1.29 is 9.90 Å². The van der Waals surface area contributed by atoms with E-state index in [9.17, 15) is 4.79 Å². The molecular formula is C13H16N2O2S. The number of thiophene rings is 1. The van der Waals surface area contributed by atoms with Gasteiger partial charge in [-0.05, 0) is 37.1 Å². The maximum absolute atomic E-state index is 10.4. The SMILES string of the molecule is CC(CC#N)N(C)Cc1cc(/C=C/C(=O)O)cs1. The third-order valence-electron chi connectivity index (χ3n) is 2.64. The number of hydrogen-bond donors (Lipinski definition) is 1. The number of rotatable bonds is 6. The quantitative estimate of drug-likeness (QED) is 0.802. The summed E-state index contributed by atoms with van der Waals surface area (Å²) in [7, 11) is 1.98. The van der Waals surface area contributed by atoms with Crippen molar-refractivity contribution in [3.05, 3.63) is 28.0 Å². The summed E-state index contributed by atoms with van der Waals surface area (Å²) in [6.45, 7) is 2.79. The predicted molar refractivity (Wildman–Crippen MR) is 72.1 cm³/mol. The van der Waals surface area contributed by atoms with Gasteiger partial charge in [-0.2, -0.15) is 5.26 Å². The van der Waals surface area contributed by atoms with E-state index in [2.05, 4.69) is 11.0 Å². The number of aliphatic carboxylic acids is 1. The number of carbonyl (C=O) groups is 1. The molecule has 4 nitrogen and oxygen atoms in total. The van der Waals surface area contributed by atoms with Crippen molar-refractivity contribution >= 4 is 23.4 Å². The Labute approximate surface area is 111 Å². The second-order valence-electron chi connectivity index (χ2n) is 4.14. The van der Waals surface area contributed by atoms with Crippen LogP contribution in [0.5, 0.6) is 0 Å². The molecule has 0 amide bonds. The van der Waals surface area contributed by atoms with Gasteiger partial charge in [0.1, 0.15) is 0 Å². The first-order valence-electron chi connectivity index (χ1n) is 5.58. The highest BCUT2D eigenvalue weighted by Gasteiger charge is 2.10. The lowest BCUT2D eigenvalue weighted by molar-refractivity contribution is -0.131. The van der Waals surface area contributed by atoms with Crippen LogP contribution >= 0.6 is 11.3 Å². The zero-order valence-electron chi connectivity index (χ0n) is 10.5. The molecule has 1 rings (SSSR count). The molecule has 1 heterocycles. The van der Waals surface area contributed by atoms with Gasteiger partial charge in [-0.1, -0.05) is 0 Å². The van der Waals surface area contributed by atoms with Crippen LogP contribution in [0.2, 0.25) is 0 Å². The third kappa shape index (κ3) is 4.70. The summed E-state index contributed by atoms with van der Waals surface area (Å²) in [4.78, 5) is 13.7. The normalized spacial score (nSPS) is 12.8. The molecule has 0 aromatic carbocycles. The largest absolute Gasteiger partial charge is 0.478 e. The van der Waals surface area contributed by atoms with E-state index < -0.39 is 5.97 Å². The molecule has 96 valence electrons. The Kier molecular flexibility index (Phi) is 5.56. The molecule has 1 aromatic rings. The minimum atomic E-state index is -0.942. The Morgan fingerprint density at radius 1 is 1.72 bits per heavy atom. The van der Waals surface area contributed by atoms with Crippen molar-refractivity contribution in [2.75, 3.05) is 7.05 Å². The van der Waals surface area contributed by atoms with Crippen molar-refractivity contribution in [1.82, 2.24) is 4.90 Å². The summed E-state index contributed by atoms with van der Waals surface area (Å²) >= 11 is 1.60. The van der Waals surface area contributed by atoms with Gasteiger partial charge in [0.05, 0.1) is 12.5 Å². The van der Waals surface area contributed by atoms with Crippen LogP contribution in [0.25, 0.3) is 6.08 Å². The van der Waals surface area contributed by atoms with Gasteiger partial charge in [0.15, 0.2) is 0 Å². The molecule has 1 aromatic heterocycles. The molecule has 0 saturated heterocycles. The first-order chi connectivity index (χ1) is 8.52. The number of nitrogens with zero attached hydrogens (tertiary/aromatic N) is 2. The standard InChI is InChI=1S/C13H16N2O2S/c1-10(5-6-14)15(2)8-12-7-11(9-18-12)3-4-13(16)17/h3-4,7,9-10H,5,8H2,1-2H3,(H,16,17)/b4-3+. The third-order valence-corrected chi connectivity index (χ3v) is 3.58. The minimum absolute atomic E-state index is 0.218. The fraction of sp³-hybridized carbons (Fsp3) is 0.385. The molecule has 1 atom stereocenters. The molecule has 1 N–H and O–H groups in total. The Balaban J connectivity index is 2.59. The Bertz CT molecular complexity index is 474. The Morgan fingerprint density at radius 2 is 2.44 bits per heavy atom. The van der Waals surface area contributed by atoms with E-state index in [1.165, 1.54) is 0 Å². The smallest absolute Gasteiger partial charge is 0.328 e. The molecule has 0 aliphatic carbocycles. The molecule has 18 heavy (non-hydrogen) atoms. The molecule has 5 heteroatoms. The van der Waals surface area contributed by atoms with Gasteiger partial charge >= 0.3 is 5.97 Å². The summed E-state index contributed by atoms with van der Waals surface area (Å²) in [6.07, 6.45) is 3.22. The molecular weight excluding hydrogens is 248 g/mol. The van der Waals surface area contributed by atoms with Gasteiger partial charge in [0.2, 0.25) is 0 Å². The summed E-state index contributed by atoms with van der Waals surface area (Å²) in [6, 6.07) is 4.35. The Hall–Kier alpha value is -1.64. The lowest BCUT2D eigenvalue weighted by atomic mass is 10.2. The fourth-order valence-corrected chi connectivity index (χ4v) is 2.34. The summed E-state index contributed by atoms with van der Waals surface area (Å²) in [5, 5.41) is 19.1. The van der Waals surface area contributed by atoms with Crippen LogP contribution < -0.4 is 0 Å². The lowest BCUT2D eigenvalue weighted by Crippen LogP contribution is -2.27. The highest BCUT2D eigenvalue weighted by molar-refractivity contribution is 7.10. The van der Waals surface area contributed by atoms with Crippen LogP contribution in [0.15, 0.2) is 17.5 Å². The second kappa shape index (κ2) is 6.94. The van der Waals surface area contributed by atoms with Crippen molar-refractivity contribution in [3.8, 4) is 6.07 Å². The molecule has 0 spiro atoms. The van der Waals surface area contributed by atoms with Crippen LogP contribution in [-0.2, 0) is 11.3 Å². The molecule has 0 saturated carbocycles. The van der Waals surface area contributed by atoms with E-state index in [1.54, 1.807) is 17.4 Å². The van der Waals surface area contributed by atoms with E-state index in [-0.39, 0.29) is 6.04 Å². The van der Waals surface area contributed by atoms with Gasteiger partial charge < -0.3 is 5.11 Å². The van der Waals surface area contributed by atoms with Gasteiger partial charge in [0.25, 0.3) is 0 Å². The number of carboxylic acids is 1. The first-order valence-corrected chi connectivity index (χ1v) is 6.46. The maximum Gasteiger partial charge on any atom is 0.328 e. The monoisotopic (exact) mass is 264 g/mol. The van der Waals surface area contributed by atoms with Crippen molar-refractivity contribution in [1.29, 1.82) is 5.26 Å². The van der Waals surface area contributed by atoms with E-state index in [1.807, 2.05) is 25.4 Å². The van der Waals surface area contributed by atoms with E-state index in [0.717, 1.165) is 23.1 Å². The summed E-state index contributed by atoms with van der Waals surface area (Å²) in [5.41, 5.74) is 0.902. The first kappa shape index (κ1) is 14.4. The van der Waals surface area contributed by atoms with E-state index in [4.69, 9.17) is 10.4 Å². The highest BCUT2D eigenvalue weighted by Crippen LogP contribution is 2.18. The number of nitriles is 1. The van der Waals surface area contributed by atoms with Crippen LogP contribution in [-0.4, -0.2) is 29.1 Å². The number of hydrogen-bond acceptors (Lipinski definition) is 4. The zero-order valence-corrected chi connectivity index (χ0v) is 11.3. The van der Waals surface area contributed by atoms with E-state index in [0.29, 0.717) is 6.42 Å². The predicted octanol–water partition coefficient (Wildman–Crippen LogP) is 2.58. The average molecular weight is 264 g/mol. The van der Waals surface area contributed by atoms with Crippen LogP contribution in [0.1, 0.15) is 23.8 Å². The molecule has 0 radical (unpaired) electrons. The van der Waals surface area contributed by atoms with Gasteiger partial charge in [-0.25, -0.2) is 4.79 Å². The minimum Gasteiger partial charge on any atom is -0.478 e. The fourth-order valence-electron chi connectivity index (χ4n) is 1.43. The van der Waals surface area contributed by atoms with Crippen molar-refractivity contribution in [2.45, 2.75) is 25.9 Å². The van der Waals surface area contributed by atoms with Crippen LogP contribution in [0.4, 0.5) is 0 Å².